The van der Waals surface area contributed by atoms with Gasteiger partial charge in [0.2, 0.25) is 26.0 Å². The Bertz CT molecular complexity index is 1230. The minimum Gasteiger partial charge on any atom is -0.352 e. The monoisotopic (exact) mass is 533 g/mol. The van der Waals surface area contributed by atoms with Crippen LogP contribution in [0.2, 0.25) is 10.0 Å². The molecule has 1 aliphatic heterocycles. The lowest BCUT2D eigenvalue weighted by atomic mass is 9.97. The van der Waals surface area contributed by atoms with Crippen molar-refractivity contribution in [3.05, 3.63) is 58.1 Å². The fraction of sp³-hybridized carbons (Fsp3) is 0.381. The van der Waals surface area contributed by atoms with Crippen molar-refractivity contribution in [3.8, 4) is 0 Å². The summed E-state index contributed by atoms with van der Waals surface area (Å²) in [6, 6.07) is 10.6. The zero-order valence-corrected chi connectivity index (χ0v) is 21.3. The summed E-state index contributed by atoms with van der Waals surface area (Å²) >= 11 is 12.0. The summed E-state index contributed by atoms with van der Waals surface area (Å²) in [6.07, 6.45) is 0.756. The third kappa shape index (κ3) is 5.87. The van der Waals surface area contributed by atoms with Crippen molar-refractivity contribution >= 4 is 49.2 Å². The van der Waals surface area contributed by atoms with Crippen molar-refractivity contribution in [2.45, 2.75) is 29.2 Å². The second-order valence-corrected chi connectivity index (χ2v) is 12.8. The molecule has 0 atom stereocenters. The smallest absolute Gasteiger partial charge is 0.244 e. The van der Waals surface area contributed by atoms with Gasteiger partial charge in [-0.3, -0.25) is 4.79 Å². The van der Waals surface area contributed by atoms with E-state index in [4.69, 9.17) is 23.2 Å². The first-order valence-corrected chi connectivity index (χ1v) is 13.8. The van der Waals surface area contributed by atoms with E-state index in [0.29, 0.717) is 12.8 Å². The fourth-order valence-corrected chi connectivity index (χ4v) is 6.60. The highest BCUT2D eigenvalue weighted by molar-refractivity contribution is 7.89. The minimum atomic E-state index is -3.81. The lowest BCUT2D eigenvalue weighted by Crippen LogP contribution is -2.42. The molecule has 8 nitrogen and oxygen atoms in total. The van der Waals surface area contributed by atoms with Gasteiger partial charge in [0.1, 0.15) is 4.90 Å². The summed E-state index contributed by atoms with van der Waals surface area (Å²) in [7, 11) is -4.39. The van der Waals surface area contributed by atoms with Crippen LogP contribution in [-0.4, -0.2) is 58.5 Å². The van der Waals surface area contributed by atoms with Crippen LogP contribution in [0.1, 0.15) is 18.4 Å². The minimum absolute atomic E-state index is 0.0423. The Morgan fingerprint density at radius 1 is 1.03 bits per heavy atom. The summed E-state index contributed by atoms with van der Waals surface area (Å²) in [5.41, 5.74) is 0.761. The number of hydrogen-bond acceptors (Lipinski definition) is 5. The Hall–Kier alpha value is -1.69. The largest absolute Gasteiger partial charge is 0.352 e. The first-order chi connectivity index (χ1) is 15.4. The normalized spacial score (nSPS) is 16.2. The second kappa shape index (κ2) is 10.3. The summed E-state index contributed by atoms with van der Waals surface area (Å²) < 4.78 is 52.6. The average molecular weight is 534 g/mol. The molecule has 0 bridgehead atoms. The van der Waals surface area contributed by atoms with Gasteiger partial charge in [-0.2, -0.15) is 4.31 Å². The van der Waals surface area contributed by atoms with Gasteiger partial charge in [0, 0.05) is 44.7 Å². The highest BCUT2D eigenvalue weighted by Crippen LogP contribution is 2.30. The summed E-state index contributed by atoms with van der Waals surface area (Å²) in [5.74, 6) is -0.488. The molecule has 1 aliphatic rings. The van der Waals surface area contributed by atoms with Gasteiger partial charge < -0.3 is 5.32 Å². The number of carbonyl (C=O) groups is 1. The molecule has 0 aliphatic carbocycles. The number of carbonyl (C=O) groups excluding carboxylic acids is 1. The molecule has 1 saturated heterocycles. The lowest BCUT2D eigenvalue weighted by Gasteiger charge is -2.30. The lowest BCUT2D eigenvalue weighted by molar-refractivity contribution is -0.126. The molecule has 2 aromatic rings. The summed E-state index contributed by atoms with van der Waals surface area (Å²) in [4.78, 5) is 12.7. The molecule has 1 fully saturated rings. The molecule has 180 valence electrons. The third-order valence-corrected chi connectivity index (χ3v) is 9.95. The van der Waals surface area contributed by atoms with E-state index in [1.54, 1.807) is 12.1 Å². The van der Waals surface area contributed by atoms with Gasteiger partial charge in [0.15, 0.2) is 0 Å². The van der Waals surface area contributed by atoms with E-state index < -0.39 is 20.0 Å². The molecule has 12 heteroatoms. The molecule has 0 saturated carbocycles. The van der Waals surface area contributed by atoms with Crippen LogP contribution in [0.15, 0.2) is 52.3 Å². The number of sulfonamides is 2. The van der Waals surface area contributed by atoms with E-state index >= 15 is 0 Å². The summed E-state index contributed by atoms with van der Waals surface area (Å²) in [6.45, 7) is 0.637. The molecular weight excluding hydrogens is 509 g/mol. The number of benzene rings is 2. The van der Waals surface area contributed by atoms with Crippen LogP contribution in [0.3, 0.4) is 0 Å². The van der Waals surface area contributed by atoms with Gasteiger partial charge in [-0.25, -0.2) is 21.1 Å². The van der Waals surface area contributed by atoms with E-state index in [9.17, 15) is 21.6 Å². The Morgan fingerprint density at radius 3 is 2.21 bits per heavy atom. The molecule has 3 rings (SSSR count). The number of halogens is 2. The first kappa shape index (κ1) is 25.9. The van der Waals surface area contributed by atoms with Crippen LogP contribution in [0.4, 0.5) is 0 Å². The number of rotatable bonds is 7. The van der Waals surface area contributed by atoms with Crippen LogP contribution in [0.5, 0.6) is 0 Å². The predicted molar refractivity (Wildman–Crippen MR) is 127 cm³/mol. The number of amides is 1. The maximum Gasteiger partial charge on any atom is 0.244 e. The predicted octanol–water partition coefficient (Wildman–Crippen LogP) is 2.96. The Labute approximate surface area is 204 Å². The van der Waals surface area contributed by atoms with Crippen molar-refractivity contribution in [1.82, 2.24) is 13.9 Å². The number of hydrogen-bond donors (Lipinski definition) is 1. The fourth-order valence-electron chi connectivity index (χ4n) is 3.50. The summed E-state index contributed by atoms with van der Waals surface area (Å²) in [5, 5.41) is 3.22. The van der Waals surface area contributed by atoms with E-state index in [1.807, 2.05) is 0 Å². The Balaban J connectivity index is 1.56. The highest BCUT2D eigenvalue weighted by atomic mass is 35.5. The highest BCUT2D eigenvalue weighted by Gasteiger charge is 2.33. The molecule has 0 unspecified atom stereocenters. The first-order valence-electron chi connectivity index (χ1n) is 10.2. The van der Waals surface area contributed by atoms with Crippen molar-refractivity contribution < 1.29 is 21.6 Å². The Kier molecular flexibility index (Phi) is 8.08. The van der Waals surface area contributed by atoms with Gasteiger partial charge in [-0.1, -0.05) is 35.3 Å². The van der Waals surface area contributed by atoms with Gasteiger partial charge in [0.25, 0.3) is 0 Å². The molecule has 1 N–H and O–H groups in total. The van der Waals surface area contributed by atoms with E-state index in [0.717, 1.165) is 9.87 Å². The molecule has 33 heavy (non-hydrogen) atoms. The van der Waals surface area contributed by atoms with Gasteiger partial charge in [-0.05, 0) is 48.7 Å². The second-order valence-electron chi connectivity index (χ2n) is 7.90. The molecule has 1 heterocycles. The van der Waals surface area contributed by atoms with Gasteiger partial charge >= 0.3 is 0 Å². The van der Waals surface area contributed by atoms with E-state index in [1.165, 1.54) is 48.7 Å². The van der Waals surface area contributed by atoms with Crippen molar-refractivity contribution in [1.29, 1.82) is 0 Å². The van der Waals surface area contributed by atoms with Crippen LogP contribution in [0.25, 0.3) is 0 Å². The number of piperidine rings is 1. The third-order valence-electron chi connectivity index (χ3n) is 5.50. The standard InChI is InChI=1S/C21H25Cl2N3O5S2/c1-25(2)32(28,29)18-6-3-15(4-7-18)14-24-21(27)16-9-11-26(12-10-16)33(30,31)20-13-17(22)5-8-19(20)23/h3-8,13,16H,9-12,14H2,1-2H3,(H,24,27). The van der Waals surface area contributed by atoms with Crippen molar-refractivity contribution in [2.75, 3.05) is 27.2 Å². The van der Waals surface area contributed by atoms with Gasteiger partial charge in [0.05, 0.1) is 9.92 Å². The number of nitrogens with one attached hydrogen (secondary N) is 1. The van der Waals surface area contributed by atoms with Crippen molar-refractivity contribution in [2.24, 2.45) is 5.92 Å². The maximum atomic E-state index is 12.9. The van der Waals surface area contributed by atoms with Gasteiger partial charge in [-0.15, -0.1) is 0 Å². The number of nitrogens with zero attached hydrogens (tertiary/aromatic N) is 2. The van der Waals surface area contributed by atoms with Crippen LogP contribution >= 0.6 is 23.2 Å². The SMILES string of the molecule is CN(C)S(=O)(=O)c1ccc(CNC(=O)C2CCN(S(=O)(=O)c3cc(Cl)ccc3Cl)CC2)cc1. The topological polar surface area (TPSA) is 104 Å². The van der Waals surface area contributed by atoms with Crippen LogP contribution < -0.4 is 5.32 Å². The van der Waals surface area contributed by atoms with Crippen LogP contribution in [-0.2, 0) is 31.4 Å². The Morgan fingerprint density at radius 2 is 1.64 bits per heavy atom. The maximum absolute atomic E-state index is 12.9. The van der Waals surface area contributed by atoms with Crippen molar-refractivity contribution in [3.63, 3.8) is 0 Å². The zero-order chi connectivity index (χ0) is 24.4. The molecule has 2 aromatic carbocycles. The molecule has 0 aromatic heterocycles. The quantitative estimate of drug-likeness (QED) is 0.589. The molecule has 1 amide bonds. The molecule has 0 radical (unpaired) electrons. The van der Waals surface area contributed by atoms with E-state index in [-0.39, 0.29) is 51.3 Å². The zero-order valence-electron chi connectivity index (χ0n) is 18.2. The average Bonchev–Trinajstić information content (AvgIpc) is 2.79. The molecular formula is C21H25Cl2N3O5S2. The molecule has 0 spiro atoms. The van der Waals surface area contributed by atoms with Crippen LogP contribution in [0, 0.1) is 5.92 Å². The van der Waals surface area contributed by atoms with E-state index in [2.05, 4.69) is 5.32 Å².